The van der Waals surface area contributed by atoms with Crippen LogP contribution in [0, 0.1) is 0 Å². The van der Waals surface area contributed by atoms with E-state index in [1.54, 1.807) is 0 Å². The molecule has 0 atom stereocenters. The van der Waals surface area contributed by atoms with Crippen molar-refractivity contribution in [2.45, 2.75) is 0 Å². The Morgan fingerprint density at radius 3 is 1.33 bits per heavy atom. The molecule has 0 aliphatic rings. The van der Waals surface area contributed by atoms with Gasteiger partial charge >= 0.3 is 0 Å². The molecule has 9 rings (SSSR count). The van der Waals surface area contributed by atoms with Crippen LogP contribution in [0.15, 0.2) is 114 Å². The van der Waals surface area contributed by atoms with E-state index in [4.69, 9.17) is 67.2 Å². The van der Waals surface area contributed by atoms with Crippen LogP contribution in [0.1, 0.15) is 0 Å². The van der Waals surface area contributed by atoms with Crippen LogP contribution in [0.25, 0.3) is 87.6 Å². The maximum Gasteiger partial charge on any atom is 0.135 e. The van der Waals surface area contributed by atoms with E-state index in [9.17, 15) is 0 Å². The van der Waals surface area contributed by atoms with Crippen LogP contribution in [-0.4, -0.2) is 62.8 Å². The molecule has 0 spiro atoms. The molecule has 51 heavy (non-hydrogen) atoms. The van der Waals surface area contributed by atoms with Crippen LogP contribution in [0.4, 0.5) is 0 Å². The minimum absolute atomic E-state index is 0.183. The van der Waals surface area contributed by atoms with E-state index in [1.165, 1.54) is 0 Å². The van der Waals surface area contributed by atoms with Gasteiger partial charge in [0.15, 0.2) is 0 Å². The third-order valence-electron chi connectivity index (χ3n) is 10.2. The van der Waals surface area contributed by atoms with Crippen LogP contribution in [0.3, 0.4) is 0 Å². The first-order valence-corrected chi connectivity index (χ1v) is 16.4. The lowest BCUT2D eigenvalue weighted by Gasteiger charge is -2.28. The molecule has 0 unspecified atom stereocenters. The minimum Gasteiger partial charge on any atom is -0.456 e. The molecule has 0 bridgehead atoms. The number of fused-ring (bicyclic) bond motifs is 6. The van der Waals surface area contributed by atoms with Crippen molar-refractivity contribution in [3.05, 3.63) is 109 Å². The molecule has 1 nitrogen and oxygen atoms in total. The maximum absolute atomic E-state index is 6.89. The lowest BCUT2D eigenvalue weighted by atomic mass is 9.59. The van der Waals surface area contributed by atoms with Crippen molar-refractivity contribution >= 4 is 161 Å². The van der Waals surface area contributed by atoms with Crippen LogP contribution < -0.4 is 43.7 Å². The van der Waals surface area contributed by atoms with Gasteiger partial charge in [0.2, 0.25) is 0 Å². The highest BCUT2D eigenvalue weighted by molar-refractivity contribution is 6.71. The maximum atomic E-state index is 6.89. The van der Waals surface area contributed by atoms with Gasteiger partial charge in [0.1, 0.15) is 73.9 Å². The summed E-state index contributed by atoms with van der Waals surface area (Å²) in [6.07, 6.45) is 0. The monoisotopic (exact) mass is 626 g/mol. The van der Waals surface area contributed by atoms with Gasteiger partial charge in [-0.1, -0.05) is 101 Å². The second-order valence-electron chi connectivity index (χ2n) is 13.0. The number of para-hydroxylation sites is 1. The summed E-state index contributed by atoms with van der Waals surface area (Å²) in [5.41, 5.74) is 8.71. The zero-order valence-corrected chi connectivity index (χ0v) is 27.4. The van der Waals surface area contributed by atoms with Crippen molar-refractivity contribution in [2.75, 3.05) is 0 Å². The molecule has 0 aliphatic carbocycles. The van der Waals surface area contributed by atoms with Crippen molar-refractivity contribution in [3.63, 3.8) is 0 Å². The summed E-state index contributed by atoms with van der Waals surface area (Å²) in [6.45, 7) is 0. The fraction of sp³-hybridized carbons (Fsp3) is 0. The van der Waals surface area contributed by atoms with Gasteiger partial charge in [0.25, 0.3) is 0 Å². The van der Waals surface area contributed by atoms with Crippen LogP contribution >= 0.6 is 0 Å². The number of benzene rings is 8. The second-order valence-corrected chi connectivity index (χ2v) is 13.0. The Labute approximate surface area is 306 Å². The molecule has 1 aromatic heterocycles. The second kappa shape index (κ2) is 11.7. The molecule has 0 N–H and O–H groups in total. The summed E-state index contributed by atoms with van der Waals surface area (Å²) < 4.78 is 6.06. The molecular weight excluding hydrogens is 607 g/mol. The highest BCUT2D eigenvalue weighted by Crippen LogP contribution is 2.41. The molecule has 216 valence electrons. The van der Waals surface area contributed by atoms with E-state index < -0.39 is 0 Å². The molecule has 0 amide bonds. The van der Waals surface area contributed by atoms with E-state index in [1.807, 2.05) is 60.7 Å². The van der Waals surface area contributed by atoms with E-state index in [2.05, 4.69) is 48.5 Å². The van der Waals surface area contributed by atoms with E-state index >= 15 is 0 Å². The van der Waals surface area contributed by atoms with Crippen LogP contribution in [-0.2, 0) is 0 Å². The Balaban J connectivity index is 1.34. The molecule has 0 fully saturated rings. The lowest BCUT2D eigenvalue weighted by Crippen LogP contribution is -2.50. The van der Waals surface area contributed by atoms with Gasteiger partial charge in [-0.3, -0.25) is 0 Å². The molecule has 8 aromatic carbocycles. The van der Waals surface area contributed by atoms with Crippen molar-refractivity contribution in [3.8, 4) is 33.4 Å². The van der Waals surface area contributed by atoms with E-state index in [0.717, 1.165) is 55.0 Å². The fourth-order valence-corrected chi connectivity index (χ4v) is 7.61. The Morgan fingerprint density at radius 2 is 0.745 bits per heavy atom. The van der Waals surface area contributed by atoms with Gasteiger partial charge < -0.3 is 4.42 Å². The van der Waals surface area contributed by atoms with Crippen molar-refractivity contribution < 1.29 is 4.42 Å². The SMILES string of the molecule is [B]c1c([B])c([B])c2c(-c3ccc4cc(-c5ccc6oc7ccccc7c6c5)ccc4c3)c3c([B])c([B])c([B])c([B])c3c(-c3ccccc3)c2c1[B]. The first-order chi connectivity index (χ1) is 24.6. The first-order valence-electron chi connectivity index (χ1n) is 16.4. The Morgan fingerprint density at radius 1 is 0.314 bits per heavy atom. The summed E-state index contributed by atoms with van der Waals surface area (Å²) in [5.74, 6) is 0. The summed E-state index contributed by atoms with van der Waals surface area (Å²) in [7, 11) is 53.5. The standard InChI is InChI=1S/C42H18B8O/c43-35-31-29(19-6-2-1-3-7-19)32-34(38(46)42(50)40(48)36(32)44)30(33(31)37(45)41(49)39(35)47)24-13-12-20-16-21(10-11-22(20)17-24)23-14-15-28-26(18-23)25-8-4-5-9-27(25)51-28/h1-18H. The highest BCUT2D eigenvalue weighted by atomic mass is 16.3. The molecule has 0 aliphatic heterocycles. The average Bonchev–Trinajstić information content (AvgIpc) is 3.54. The zero-order valence-electron chi connectivity index (χ0n) is 27.4. The van der Waals surface area contributed by atoms with Gasteiger partial charge in [-0.15, -0.1) is 21.9 Å². The highest BCUT2D eigenvalue weighted by Gasteiger charge is 2.24. The van der Waals surface area contributed by atoms with Crippen molar-refractivity contribution in [1.29, 1.82) is 0 Å². The molecule has 1 heterocycles. The third-order valence-corrected chi connectivity index (χ3v) is 10.2. The molecular formula is C42H18B8O. The Bertz CT molecular complexity index is 2870. The largest absolute Gasteiger partial charge is 0.456 e. The van der Waals surface area contributed by atoms with Gasteiger partial charge in [-0.2, -0.15) is 0 Å². The van der Waals surface area contributed by atoms with Crippen molar-refractivity contribution in [1.82, 2.24) is 0 Å². The summed E-state index contributed by atoms with van der Waals surface area (Å²) in [6, 6.07) is 36.6. The fourth-order valence-electron chi connectivity index (χ4n) is 7.61. The molecule has 9 aromatic rings. The van der Waals surface area contributed by atoms with Crippen LogP contribution in [0.2, 0.25) is 0 Å². The van der Waals surface area contributed by atoms with Gasteiger partial charge in [0.05, 0.1) is 0 Å². The smallest absolute Gasteiger partial charge is 0.135 e. The number of furan rings is 1. The first kappa shape index (κ1) is 31.8. The quantitative estimate of drug-likeness (QED) is 0.218. The Kier molecular flexibility index (Phi) is 7.30. The topological polar surface area (TPSA) is 13.1 Å². The van der Waals surface area contributed by atoms with E-state index in [0.29, 0.717) is 32.7 Å². The van der Waals surface area contributed by atoms with Gasteiger partial charge in [0, 0.05) is 10.8 Å². The molecule has 16 radical (unpaired) electrons. The average molecular weight is 625 g/mol. The predicted octanol–water partition coefficient (Wildman–Crippen LogP) is 2.40. The summed E-state index contributed by atoms with van der Waals surface area (Å²) in [4.78, 5) is 0. The Hall–Kier alpha value is -5.14. The van der Waals surface area contributed by atoms with E-state index in [-0.39, 0.29) is 43.7 Å². The van der Waals surface area contributed by atoms with Gasteiger partial charge in [-0.25, -0.2) is 0 Å². The van der Waals surface area contributed by atoms with Gasteiger partial charge in [-0.05, 0) is 96.0 Å². The normalized spacial score (nSPS) is 11.8. The number of rotatable bonds is 3. The third kappa shape index (κ3) is 4.67. The summed E-state index contributed by atoms with van der Waals surface area (Å²) in [5, 5.41) is 6.57. The number of hydrogen-bond acceptors (Lipinski definition) is 1. The molecule has 9 heteroatoms. The molecule has 0 saturated carbocycles. The minimum atomic E-state index is 0.183. The lowest BCUT2D eigenvalue weighted by molar-refractivity contribution is 0.669. The summed E-state index contributed by atoms with van der Waals surface area (Å²) >= 11 is 0. The molecule has 0 saturated heterocycles. The van der Waals surface area contributed by atoms with Crippen LogP contribution in [0.5, 0.6) is 0 Å². The number of hydrogen-bond donors (Lipinski definition) is 0. The van der Waals surface area contributed by atoms with Crippen molar-refractivity contribution in [2.24, 2.45) is 0 Å². The predicted molar refractivity (Wildman–Crippen MR) is 226 cm³/mol. The zero-order chi connectivity index (χ0) is 35.3.